The molecule has 1 aliphatic heterocycles. The number of nitrogens with one attached hydrogen (secondary N) is 1. The molecule has 0 radical (unpaired) electrons. The van der Waals surface area contributed by atoms with Crippen LogP contribution in [0.2, 0.25) is 0 Å². The molecular weight excluding hydrogens is 154 g/mol. The third-order valence-electron chi connectivity index (χ3n) is 1.84. The van der Waals surface area contributed by atoms with Gasteiger partial charge in [-0.2, -0.15) is 0 Å². The summed E-state index contributed by atoms with van der Waals surface area (Å²) in [4.78, 5) is 8.53. The molecule has 0 fully saturated rings. The van der Waals surface area contributed by atoms with Crippen molar-refractivity contribution < 1.29 is 4.74 Å². The molecule has 4 heteroatoms. The van der Waals surface area contributed by atoms with E-state index in [9.17, 15) is 0 Å². The summed E-state index contributed by atoms with van der Waals surface area (Å²) in [5.74, 6) is 0.835. The number of ether oxygens (including phenoxy) is 1. The number of aromatic nitrogens is 2. The summed E-state index contributed by atoms with van der Waals surface area (Å²) >= 11 is 0. The van der Waals surface area contributed by atoms with Crippen molar-refractivity contribution in [2.75, 3.05) is 7.05 Å². The minimum absolute atomic E-state index is 0.633. The molecule has 1 aromatic heterocycles. The van der Waals surface area contributed by atoms with Crippen LogP contribution in [0.5, 0.6) is 0 Å². The van der Waals surface area contributed by atoms with Crippen molar-refractivity contribution in [1.29, 1.82) is 0 Å². The molecule has 0 unspecified atom stereocenters. The van der Waals surface area contributed by atoms with Crippen molar-refractivity contribution in [3.63, 3.8) is 0 Å². The van der Waals surface area contributed by atoms with Gasteiger partial charge in [-0.1, -0.05) is 0 Å². The molecule has 0 atom stereocenters. The first-order valence-electron chi connectivity index (χ1n) is 3.96. The normalized spacial score (nSPS) is 14.8. The Hall–Kier alpha value is -1.00. The van der Waals surface area contributed by atoms with E-state index in [-0.39, 0.29) is 0 Å². The van der Waals surface area contributed by atoms with Gasteiger partial charge in [0.25, 0.3) is 0 Å². The van der Waals surface area contributed by atoms with Gasteiger partial charge < -0.3 is 10.1 Å². The first kappa shape index (κ1) is 7.64. The largest absolute Gasteiger partial charge is 0.370 e. The highest BCUT2D eigenvalue weighted by Gasteiger charge is 2.13. The molecule has 1 aromatic rings. The van der Waals surface area contributed by atoms with Gasteiger partial charge >= 0.3 is 0 Å². The third kappa shape index (κ3) is 1.31. The second kappa shape index (κ2) is 3.16. The van der Waals surface area contributed by atoms with E-state index in [4.69, 9.17) is 4.74 Å². The average Bonchev–Trinajstić information content (AvgIpc) is 2.51. The summed E-state index contributed by atoms with van der Waals surface area (Å²) in [5.41, 5.74) is 2.16. The van der Waals surface area contributed by atoms with Crippen LogP contribution in [-0.2, 0) is 24.5 Å². The molecular formula is C8H11N3O. The molecule has 64 valence electrons. The second-order valence-corrected chi connectivity index (χ2v) is 2.78. The van der Waals surface area contributed by atoms with Gasteiger partial charge in [0.05, 0.1) is 25.5 Å². The Morgan fingerprint density at radius 1 is 1.58 bits per heavy atom. The summed E-state index contributed by atoms with van der Waals surface area (Å²) in [6.45, 7) is 2.01. The van der Waals surface area contributed by atoms with E-state index in [0.29, 0.717) is 19.8 Å². The zero-order valence-corrected chi connectivity index (χ0v) is 7.00. The van der Waals surface area contributed by atoms with Crippen molar-refractivity contribution in [2.24, 2.45) is 0 Å². The monoisotopic (exact) mass is 165 g/mol. The van der Waals surface area contributed by atoms with Crippen LogP contribution in [0, 0.1) is 0 Å². The molecule has 2 heterocycles. The minimum atomic E-state index is 0.633. The predicted molar refractivity (Wildman–Crippen MR) is 43.3 cm³/mol. The summed E-state index contributed by atoms with van der Waals surface area (Å²) in [5, 5.41) is 3.01. The molecule has 1 N–H and O–H groups in total. The average molecular weight is 165 g/mol. The Labute approximate surface area is 71.0 Å². The first-order valence-corrected chi connectivity index (χ1v) is 3.96. The fourth-order valence-corrected chi connectivity index (χ4v) is 1.23. The molecule has 0 saturated carbocycles. The number of nitrogens with zero attached hydrogens (tertiary/aromatic N) is 2. The van der Waals surface area contributed by atoms with Crippen LogP contribution < -0.4 is 5.32 Å². The molecule has 1 aliphatic rings. The molecule has 0 saturated heterocycles. The molecule has 0 aliphatic carbocycles. The Morgan fingerprint density at radius 3 is 3.33 bits per heavy atom. The molecule has 12 heavy (non-hydrogen) atoms. The minimum Gasteiger partial charge on any atom is -0.370 e. The lowest BCUT2D eigenvalue weighted by Crippen LogP contribution is -2.10. The lowest BCUT2D eigenvalue weighted by molar-refractivity contribution is 0.133. The van der Waals surface area contributed by atoms with Gasteiger partial charge in [0.2, 0.25) is 0 Å². The zero-order chi connectivity index (χ0) is 8.39. The smallest absolute Gasteiger partial charge is 0.142 e. The topological polar surface area (TPSA) is 47.0 Å². The highest BCUT2D eigenvalue weighted by Crippen LogP contribution is 2.15. The van der Waals surface area contributed by atoms with E-state index in [1.54, 1.807) is 0 Å². The van der Waals surface area contributed by atoms with Crippen LogP contribution in [0.15, 0.2) is 6.20 Å². The van der Waals surface area contributed by atoms with E-state index in [1.807, 2.05) is 13.2 Å². The maximum absolute atomic E-state index is 5.23. The molecule has 0 amide bonds. The molecule has 2 rings (SSSR count). The molecule has 0 aromatic carbocycles. The van der Waals surface area contributed by atoms with Gasteiger partial charge in [-0.3, -0.25) is 0 Å². The number of rotatable bonds is 2. The van der Waals surface area contributed by atoms with Gasteiger partial charge in [0.15, 0.2) is 0 Å². The fourth-order valence-electron chi connectivity index (χ4n) is 1.23. The van der Waals surface area contributed by atoms with Crippen LogP contribution in [0.1, 0.15) is 17.1 Å². The summed E-state index contributed by atoms with van der Waals surface area (Å²) < 4.78 is 5.23. The lowest BCUT2D eigenvalue weighted by atomic mass is 10.3. The highest BCUT2D eigenvalue weighted by molar-refractivity contribution is 5.18. The maximum atomic E-state index is 5.23. The first-order chi connectivity index (χ1) is 5.90. The van der Waals surface area contributed by atoms with Gasteiger partial charge in [-0.05, 0) is 7.05 Å². The molecule has 0 bridgehead atoms. The Kier molecular flexibility index (Phi) is 2.01. The summed E-state index contributed by atoms with van der Waals surface area (Å²) in [6.07, 6.45) is 1.85. The van der Waals surface area contributed by atoms with E-state index in [1.165, 1.54) is 0 Å². The van der Waals surface area contributed by atoms with Crippen LogP contribution in [0.4, 0.5) is 0 Å². The van der Waals surface area contributed by atoms with E-state index < -0.39 is 0 Å². The quantitative estimate of drug-likeness (QED) is 0.681. The Balaban J connectivity index is 2.26. The van der Waals surface area contributed by atoms with Crippen molar-refractivity contribution in [3.8, 4) is 0 Å². The summed E-state index contributed by atoms with van der Waals surface area (Å²) in [7, 11) is 1.88. The Morgan fingerprint density at radius 2 is 2.50 bits per heavy atom. The van der Waals surface area contributed by atoms with Gasteiger partial charge in [0, 0.05) is 11.8 Å². The van der Waals surface area contributed by atoms with E-state index in [2.05, 4.69) is 15.3 Å². The van der Waals surface area contributed by atoms with Crippen molar-refractivity contribution in [3.05, 3.63) is 23.3 Å². The standard InChI is InChI=1S/C8H11N3O/c1-9-3-8-10-2-6-4-12-5-7(6)11-8/h2,9H,3-5H2,1H3. The highest BCUT2D eigenvalue weighted by atomic mass is 16.5. The van der Waals surface area contributed by atoms with Gasteiger partial charge in [-0.25, -0.2) is 9.97 Å². The number of hydrogen-bond acceptors (Lipinski definition) is 4. The number of fused-ring (bicyclic) bond motifs is 1. The van der Waals surface area contributed by atoms with Crippen LogP contribution in [0.3, 0.4) is 0 Å². The summed E-state index contributed by atoms with van der Waals surface area (Å²) in [6, 6.07) is 0. The van der Waals surface area contributed by atoms with Gasteiger partial charge in [-0.15, -0.1) is 0 Å². The van der Waals surface area contributed by atoms with Crippen molar-refractivity contribution in [1.82, 2.24) is 15.3 Å². The molecule has 4 nitrogen and oxygen atoms in total. The van der Waals surface area contributed by atoms with Crippen LogP contribution >= 0.6 is 0 Å². The maximum Gasteiger partial charge on any atom is 0.142 e. The molecule has 0 spiro atoms. The predicted octanol–water partition coefficient (Wildman–Crippen LogP) is 0.226. The Bertz CT molecular complexity index is 288. The third-order valence-corrected chi connectivity index (χ3v) is 1.84. The van der Waals surface area contributed by atoms with Crippen molar-refractivity contribution in [2.45, 2.75) is 19.8 Å². The number of hydrogen-bond donors (Lipinski definition) is 1. The van der Waals surface area contributed by atoms with Crippen LogP contribution in [0.25, 0.3) is 0 Å². The lowest BCUT2D eigenvalue weighted by Gasteiger charge is -1.99. The fraction of sp³-hybridized carbons (Fsp3) is 0.500. The van der Waals surface area contributed by atoms with Crippen LogP contribution in [-0.4, -0.2) is 17.0 Å². The SMILES string of the molecule is CNCc1ncc2c(n1)COC2. The van der Waals surface area contributed by atoms with E-state index >= 15 is 0 Å². The van der Waals surface area contributed by atoms with Gasteiger partial charge in [0.1, 0.15) is 5.82 Å². The zero-order valence-electron chi connectivity index (χ0n) is 7.00. The second-order valence-electron chi connectivity index (χ2n) is 2.78. The van der Waals surface area contributed by atoms with E-state index in [0.717, 1.165) is 17.1 Å². The van der Waals surface area contributed by atoms with Crippen molar-refractivity contribution >= 4 is 0 Å².